The van der Waals surface area contributed by atoms with Crippen molar-refractivity contribution in [1.82, 2.24) is 0 Å². The summed E-state index contributed by atoms with van der Waals surface area (Å²) in [5, 5.41) is 7.07. The van der Waals surface area contributed by atoms with Crippen LogP contribution in [0.3, 0.4) is 0 Å². The first-order valence-electron chi connectivity index (χ1n) is 8.53. The lowest BCUT2D eigenvalue weighted by molar-refractivity contribution is -0.675. The molecule has 0 aliphatic heterocycles. The summed E-state index contributed by atoms with van der Waals surface area (Å²) in [5.74, 6) is 0.609. The van der Waals surface area contributed by atoms with Crippen molar-refractivity contribution in [1.29, 1.82) is 0 Å². The van der Waals surface area contributed by atoms with Crippen molar-refractivity contribution in [3.05, 3.63) is 82.0 Å². The zero-order chi connectivity index (χ0) is 18.4. The summed E-state index contributed by atoms with van der Waals surface area (Å²) >= 11 is 1.71. The Labute approximate surface area is 157 Å². The van der Waals surface area contributed by atoms with Crippen molar-refractivity contribution in [2.75, 3.05) is 19.0 Å². The normalized spacial score (nSPS) is 11.8. The summed E-state index contributed by atoms with van der Waals surface area (Å²) in [6, 6.07) is 20.2. The molecule has 2 aromatic carbocycles. The number of methoxy groups -OCH3 is 1. The molecule has 5 heteroatoms. The van der Waals surface area contributed by atoms with E-state index in [-0.39, 0.29) is 11.9 Å². The quantitative estimate of drug-likeness (QED) is 0.673. The molecule has 3 aromatic rings. The molecule has 0 aliphatic rings. The average molecular weight is 367 g/mol. The number of para-hydroxylation sites is 2. The van der Waals surface area contributed by atoms with Gasteiger partial charge in [0.1, 0.15) is 11.8 Å². The van der Waals surface area contributed by atoms with E-state index in [2.05, 4.69) is 53.3 Å². The molecular formula is C21H23N2O2S+. The Bertz CT molecular complexity index is 845. The molecule has 0 spiro atoms. The molecule has 1 amide bonds. The van der Waals surface area contributed by atoms with Gasteiger partial charge < -0.3 is 15.4 Å². The maximum atomic E-state index is 12.4. The van der Waals surface area contributed by atoms with Crippen LogP contribution in [0, 0.1) is 6.92 Å². The minimum atomic E-state index is -0.0526. The summed E-state index contributed by atoms with van der Waals surface area (Å²) in [6.07, 6.45) is 0. The van der Waals surface area contributed by atoms with Crippen LogP contribution in [0.15, 0.2) is 66.0 Å². The van der Waals surface area contributed by atoms with Gasteiger partial charge in [0.05, 0.1) is 17.7 Å². The molecule has 0 aliphatic carbocycles. The van der Waals surface area contributed by atoms with E-state index in [0.717, 1.165) is 0 Å². The number of quaternary nitrogens is 1. The molecular weight excluding hydrogens is 344 g/mol. The van der Waals surface area contributed by atoms with Crippen LogP contribution in [-0.4, -0.2) is 19.6 Å². The van der Waals surface area contributed by atoms with Crippen LogP contribution in [0.4, 0.5) is 5.69 Å². The molecule has 1 aromatic heterocycles. The van der Waals surface area contributed by atoms with Gasteiger partial charge in [0.25, 0.3) is 5.91 Å². The number of ether oxygens (including phenoxy) is 1. The molecule has 26 heavy (non-hydrogen) atoms. The first kappa shape index (κ1) is 18.2. The van der Waals surface area contributed by atoms with Crippen molar-refractivity contribution < 1.29 is 14.8 Å². The molecule has 0 saturated carbocycles. The van der Waals surface area contributed by atoms with Gasteiger partial charge in [0.15, 0.2) is 6.54 Å². The van der Waals surface area contributed by atoms with E-state index < -0.39 is 0 Å². The van der Waals surface area contributed by atoms with Gasteiger partial charge in [-0.05, 0) is 30.5 Å². The maximum absolute atomic E-state index is 12.4. The standard InChI is InChI=1S/C21H22N2O2S/c1-15-9-11-16(12-10-15)21(19-8-5-13-26-19)22-14-20(24)23-17-6-3-4-7-18(17)25-2/h3-13,21-22H,14H2,1-2H3,(H,23,24)/p+1/t21-/m0/s1. The topological polar surface area (TPSA) is 54.9 Å². The Kier molecular flexibility index (Phi) is 6.04. The fourth-order valence-corrected chi connectivity index (χ4v) is 3.68. The highest BCUT2D eigenvalue weighted by Crippen LogP contribution is 2.24. The summed E-state index contributed by atoms with van der Waals surface area (Å²) in [6.45, 7) is 2.41. The lowest BCUT2D eigenvalue weighted by Crippen LogP contribution is -2.87. The highest BCUT2D eigenvalue weighted by atomic mass is 32.1. The fraction of sp³-hybridized carbons (Fsp3) is 0.190. The number of benzene rings is 2. The van der Waals surface area contributed by atoms with E-state index >= 15 is 0 Å². The van der Waals surface area contributed by atoms with Gasteiger partial charge >= 0.3 is 0 Å². The highest BCUT2D eigenvalue weighted by Gasteiger charge is 2.20. The third-order valence-corrected chi connectivity index (χ3v) is 5.16. The van der Waals surface area contributed by atoms with Gasteiger partial charge in [0.2, 0.25) is 0 Å². The third kappa shape index (κ3) is 4.50. The van der Waals surface area contributed by atoms with Crippen molar-refractivity contribution in [2.24, 2.45) is 0 Å². The number of amides is 1. The van der Waals surface area contributed by atoms with Crippen LogP contribution in [0.1, 0.15) is 22.0 Å². The molecule has 0 fully saturated rings. The Morgan fingerprint density at radius 1 is 1.12 bits per heavy atom. The molecule has 0 bridgehead atoms. The van der Waals surface area contributed by atoms with Gasteiger partial charge in [-0.3, -0.25) is 4.79 Å². The lowest BCUT2D eigenvalue weighted by atomic mass is 10.0. The Hall–Kier alpha value is -2.63. The number of anilines is 1. The first-order chi connectivity index (χ1) is 12.7. The van der Waals surface area contributed by atoms with E-state index in [1.165, 1.54) is 16.0 Å². The van der Waals surface area contributed by atoms with Crippen molar-refractivity contribution in [3.8, 4) is 5.75 Å². The number of carbonyl (C=O) groups is 1. The predicted octanol–water partition coefficient (Wildman–Crippen LogP) is 3.36. The average Bonchev–Trinajstić information content (AvgIpc) is 3.18. The van der Waals surface area contributed by atoms with Crippen molar-refractivity contribution in [3.63, 3.8) is 0 Å². The van der Waals surface area contributed by atoms with Crippen LogP contribution in [-0.2, 0) is 4.79 Å². The van der Waals surface area contributed by atoms with Crippen LogP contribution in [0.5, 0.6) is 5.75 Å². The molecule has 0 unspecified atom stereocenters. The third-order valence-electron chi connectivity index (χ3n) is 4.21. The molecule has 1 heterocycles. The van der Waals surface area contributed by atoms with E-state index in [0.29, 0.717) is 18.0 Å². The number of nitrogens with two attached hydrogens (primary N) is 1. The first-order valence-corrected chi connectivity index (χ1v) is 9.41. The second kappa shape index (κ2) is 8.65. The minimum Gasteiger partial charge on any atom is -0.495 e. The van der Waals surface area contributed by atoms with Crippen molar-refractivity contribution in [2.45, 2.75) is 13.0 Å². The molecule has 134 valence electrons. The summed E-state index contributed by atoms with van der Waals surface area (Å²) in [4.78, 5) is 13.7. The summed E-state index contributed by atoms with van der Waals surface area (Å²) < 4.78 is 5.29. The van der Waals surface area contributed by atoms with Crippen LogP contribution >= 0.6 is 11.3 Å². The lowest BCUT2D eigenvalue weighted by Gasteiger charge is -2.15. The van der Waals surface area contributed by atoms with Gasteiger partial charge in [-0.15, -0.1) is 11.3 Å². The molecule has 4 nitrogen and oxygen atoms in total. The Morgan fingerprint density at radius 3 is 2.58 bits per heavy atom. The highest BCUT2D eigenvalue weighted by molar-refractivity contribution is 7.10. The zero-order valence-electron chi connectivity index (χ0n) is 14.9. The summed E-state index contributed by atoms with van der Waals surface area (Å²) in [5.41, 5.74) is 3.12. The molecule has 3 N–H and O–H groups in total. The number of hydrogen-bond acceptors (Lipinski definition) is 3. The number of hydrogen-bond donors (Lipinski definition) is 2. The number of rotatable bonds is 7. The fourth-order valence-electron chi connectivity index (χ4n) is 2.83. The number of carbonyl (C=O) groups excluding carboxylic acids is 1. The smallest absolute Gasteiger partial charge is 0.279 e. The van der Waals surface area contributed by atoms with Gasteiger partial charge in [-0.25, -0.2) is 0 Å². The number of aryl methyl sites for hydroxylation is 1. The van der Waals surface area contributed by atoms with E-state index in [1.54, 1.807) is 18.4 Å². The predicted molar refractivity (Wildman–Crippen MR) is 106 cm³/mol. The second-order valence-corrected chi connectivity index (χ2v) is 7.07. The monoisotopic (exact) mass is 367 g/mol. The van der Waals surface area contributed by atoms with Crippen LogP contribution in [0.2, 0.25) is 0 Å². The molecule has 3 rings (SSSR count). The SMILES string of the molecule is COc1ccccc1NC(=O)C[NH2+][C@@H](c1ccc(C)cc1)c1cccs1. The van der Waals surface area contributed by atoms with Gasteiger partial charge in [0, 0.05) is 5.56 Å². The van der Waals surface area contributed by atoms with Crippen molar-refractivity contribution >= 4 is 22.9 Å². The van der Waals surface area contributed by atoms with Gasteiger partial charge in [-0.1, -0.05) is 48.0 Å². The number of thiophene rings is 1. The molecule has 0 saturated heterocycles. The Balaban J connectivity index is 1.70. The van der Waals surface area contributed by atoms with Gasteiger partial charge in [-0.2, -0.15) is 0 Å². The van der Waals surface area contributed by atoms with E-state index in [9.17, 15) is 4.79 Å². The van der Waals surface area contributed by atoms with E-state index in [4.69, 9.17) is 4.74 Å². The van der Waals surface area contributed by atoms with Crippen LogP contribution in [0.25, 0.3) is 0 Å². The summed E-state index contributed by atoms with van der Waals surface area (Å²) in [7, 11) is 1.60. The van der Waals surface area contributed by atoms with E-state index in [1.807, 2.05) is 30.3 Å². The minimum absolute atomic E-state index is 0.0526. The second-order valence-electron chi connectivity index (χ2n) is 6.09. The Morgan fingerprint density at radius 2 is 1.88 bits per heavy atom. The molecule has 0 radical (unpaired) electrons. The molecule has 1 atom stereocenters. The number of nitrogens with one attached hydrogen (secondary N) is 1. The zero-order valence-corrected chi connectivity index (χ0v) is 15.8. The van der Waals surface area contributed by atoms with Crippen LogP contribution < -0.4 is 15.4 Å². The largest absolute Gasteiger partial charge is 0.495 e. The maximum Gasteiger partial charge on any atom is 0.279 e.